The number of hydrogen-bond donors (Lipinski definition) is 2. The molecule has 0 unspecified atom stereocenters. The van der Waals surface area contributed by atoms with Crippen molar-refractivity contribution in [3.63, 3.8) is 0 Å². The number of primary amides is 1. The molecule has 3 aromatic rings. The lowest BCUT2D eigenvalue weighted by Crippen LogP contribution is -2.37. The number of rotatable bonds is 7. The van der Waals surface area contributed by atoms with E-state index >= 15 is 0 Å². The number of fused-ring (bicyclic) bond motifs is 1. The standard InChI is InChI=1S/C25H25N3O4/c26-25(30)28(31)14-15-32-22-10-11-23-21(16-22)12-13-27(24(23)29)17-18-6-8-20(9-7-18)19-4-2-1-3-5-19/h1-11,16,31H,12-15,17H2,(H2,26,30). The monoisotopic (exact) mass is 431 g/mol. The molecular formula is C25H25N3O4. The number of carbonyl (C=O) groups is 2. The van der Waals surface area contributed by atoms with Crippen LogP contribution < -0.4 is 10.5 Å². The van der Waals surface area contributed by atoms with Crippen LogP contribution in [0.5, 0.6) is 5.75 Å². The van der Waals surface area contributed by atoms with E-state index in [1.807, 2.05) is 29.2 Å². The Hall–Kier alpha value is -3.84. The van der Waals surface area contributed by atoms with Crippen LogP contribution in [-0.4, -0.2) is 46.8 Å². The van der Waals surface area contributed by atoms with Gasteiger partial charge in [0, 0.05) is 18.7 Å². The molecule has 3 amide bonds. The van der Waals surface area contributed by atoms with Gasteiger partial charge in [-0.3, -0.25) is 10.0 Å². The highest BCUT2D eigenvalue weighted by Gasteiger charge is 2.24. The van der Waals surface area contributed by atoms with E-state index in [-0.39, 0.29) is 19.1 Å². The summed E-state index contributed by atoms with van der Waals surface area (Å²) < 4.78 is 5.56. The van der Waals surface area contributed by atoms with Gasteiger partial charge in [-0.1, -0.05) is 54.6 Å². The summed E-state index contributed by atoms with van der Waals surface area (Å²) >= 11 is 0. The third kappa shape index (κ3) is 4.90. The Morgan fingerprint density at radius 3 is 2.47 bits per heavy atom. The van der Waals surface area contributed by atoms with Crippen LogP contribution in [0.1, 0.15) is 21.5 Å². The van der Waals surface area contributed by atoms with E-state index < -0.39 is 6.03 Å². The molecule has 3 aromatic carbocycles. The second-order valence-corrected chi connectivity index (χ2v) is 7.67. The lowest BCUT2D eigenvalue weighted by atomic mass is 9.98. The number of hydroxylamine groups is 2. The SMILES string of the molecule is NC(=O)N(O)CCOc1ccc2c(c1)CCN(Cc1ccc(-c3ccccc3)cc1)C2=O. The Labute approximate surface area is 186 Å². The maximum absolute atomic E-state index is 13.0. The van der Waals surface area contributed by atoms with E-state index in [2.05, 4.69) is 36.4 Å². The van der Waals surface area contributed by atoms with Gasteiger partial charge < -0.3 is 15.4 Å². The van der Waals surface area contributed by atoms with Crippen LogP contribution in [0, 0.1) is 0 Å². The highest BCUT2D eigenvalue weighted by atomic mass is 16.5. The van der Waals surface area contributed by atoms with E-state index in [9.17, 15) is 14.8 Å². The van der Waals surface area contributed by atoms with E-state index in [0.717, 1.165) is 23.1 Å². The van der Waals surface area contributed by atoms with Crippen molar-refractivity contribution in [1.82, 2.24) is 9.96 Å². The average molecular weight is 431 g/mol. The zero-order valence-electron chi connectivity index (χ0n) is 17.6. The summed E-state index contributed by atoms with van der Waals surface area (Å²) in [5.41, 5.74) is 9.97. The zero-order valence-corrected chi connectivity index (χ0v) is 17.6. The average Bonchev–Trinajstić information content (AvgIpc) is 2.82. The topological polar surface area (TPSA) is 96.1 Å². The van der Waals surface area contributed by atoms with Gasteiger partial charge in [-0.2, -0.15) is 0 Å². The molecule has 1 heterocycles. The minimum atomic E-state index is -0.931. The Morgan fingerprint density at radius 1 is 1.03 bits per heavy atom. The van der Waals surface area contributed by atoms with Crippen molar-refractivity contribution < 1.29 is 19.5 Å². The van der Waals surface area contributed by atoms with E-state index in [1.54, 1.807) is 12.1 Å². The molecule has 0 aromatic heterocycles. The first-order valence-corrected chi connectivity index (χ1v) is 10.5. The minimum absolute atomic E-state index is 0.000183. The highest BCUT2D eigenvalue weighted by Crippen LogP contribution is 2.26. The molecule has 3 N–H and O–H groups in total. The maximum atomic E-state index is 13.0. The molecule has 0 aliphatic carbocycles. The number of hydrogen-bond acceptors (Lipinski definition) is 4. The predicted octanol–water partition coefficient (Wildman–Crippen LogP) is 3.70. The van der Waals surface area contributed by atoms with Gasteiger partial charge in [0.05, 0.1) is 6.54 Å². The summed E-state index contributed by atoms with van der Waals surface area (Å²) in [5.74, 6) is 0.583. The fourth-order valence-electron chi connectivity index (χ4n) is 3.77. The van der Waals surface area contributed by atoms with E-state index in [4.69, 9.17) is 10.5 Å². The number of nitrogens with zero attached hydrogens (tertiary/aromatic N) is 2. The van der Waals surface area contributed by atoms with Gasteiger partial charge in [-0.05, 0) is 46.9 Å². The number of benzene rings is 3. The molecule has 4 rings (SSSR count). The third-order valence-electron chi connectivity index (χ3n) is 5.51. The predicted molar refractivity (Wildman–Crippen MR) is 120 cm³/mol. The fourth-order valence-corrected chi connectivity index (χ4v) is 3.77. The summed E-state index contributed by atoms with van der Waals surface area (Å²) in [4.78, 5) is 25.7. The first-order valence-electron chi connectivity index (χ1n) is 10.5. The molecule has 0 atom stereocenters. The summed E-state index contributed by atoms with van der Waals surface area (Å²) in [5, 5.41) is 9.68. The lowest BCUT2D eigenvalue weighted by molar-refractivity contribution is -0.0464. The van der Waals surface area contributed by atoms with Gasteiger partial charge in [0.2, 0.25) is 0 Å². The van der Waals surface area contributed by atoms with Crippen molar-refractivity contribution in [2.75, 3.05) is 19.7 Å². The number of ether oxygens (including phenoxy) is 1. The van der Waals surface area contributed by atoms with Crippen molar-refractivity contribution in [2.45, 2.75) is 13.0 Å². The van der Waals surface area contributed by atoms with Gasteiger partial charge in [0.1, 0.15) is 12.4 Å². The molecule has 0 saturated carbocycles. The molecule has 0 bridgehead atoms. The van der Waals surface area contributed by atoms with Crippen LogP contribution in [-0.2, 0) is 13.0 Å². The van der Waals surface area contributed by atoms with Gasteiger partial charge in [0.25, 0.3) is 5.91 Å². The second-order valence-electron chi connectivity index (χ2n) is 7.67. The van der Waals surface area contributed by atoms with Crippen LogP contribution >= 0.6 is 0 Å². The lowest BCUT2D eigenvalue weighted by Gasteiger charge is -2.29. The van der Waals surface area contributed by atoms with Crippen LogP contribution in [0.2, 0.25) is 0 Å². The van der Waals surface area contributed by atoms with Gasteiger partial charge in [0.15, 0.2) is 0 Å². The second kappa shape index (κ2) is 9.53. The number of urea groups is 1. The minimum Gasteiger partial charge on any atom is -0.492 e. The van der Waals surface area contributed by atoms with E-state index in [0.29, 0.717) is 29.5 Å². The molecule has 7 nitrogen and oxygen atoms in total. The van der Waals surface area contributed by atoms with E-state index in [1.165, 1.54) is 5.56 Å². The molecule has 1 aliphatic heterocycles. The zero-order chi connectivity index (χ0) is 22.5. The van der Waals surface area contributed by atoms with Crippen LogP contribution in [0.4, 0.5) is 4.79 Å². The Bertz CT molecular complexity index is 1100. The first-order chi connectivity index (χ1) is 15.5. The summed E-state index contributed by atoms with van der Waals surface area (Å²) in [6, 6.07) is 22.9. The molecule has 7 heteroatoms. The Balaban J connectivity index is 1.38. The van der Waals surface area contributed by atoms with Crippen molar-refractivity contribution in [2.24, 2.45) is 5.73 Å². The number of amides is 3. The van der Waals surface area contributed by atoms with Gasteiger partial charge in [-0.15, -0.1) is 0 Å². The Kier molecular flexibility index (Phi) is 6.37. The smallest absolute Gasteiger partial charge is 0.338 e. The van der Waals surface area contributed by atoms with Crippen molar-refractivity contribution in [3.05, 3.63) is 89.5 Å². The molecule has 0 saturated heterocycles. The van der Waals surface area contributed by atoms with Gasteiger partial charge in [-0.25, -0.2) is 9.86 Å². The quantitative estimate of drug-likeness (QED) is 0.440. The summed E-state index contributed by atoms with van der Waals surface area (Å²) in [7, 11) is 0. The van der Waals surface area contributed by atoms with Gasteiger partial charge >= 0.3 is 6.03 Å². The normalized spacial score (nSPS) is 12.9. The molecule has 0 spiro atoms. The molecular weight excluding hydrogens is 406 g/mol. The molecule has 164 valence electrons. The fraction of sp³-hybridized carbons (Fsp3) is 0.200. The van der Waals surface area contributed by atoms with Crippen molar-refractivity contribution in [1.29, 1.82) is 0 Å². The molecule has 32 heavy (non-hydrogen) atoms. The first kappa shape index (κ1) is 21.4. The molecule has 1 aliphatic rings. The third-order valence-corrected chi connectivity index (χ3v) is 5.51. The number of carbonyl (C=O) groups excluding carboxylic acids is 2. The largest absolute Gasteiger partial charge is 0.492 e. The number of nitrogens with two attached hydrogens (primary N) is 1. The Morgan fingerprint density at radius 2 is 1.75 bits per heavy atom. The van der Waals surface area contributed by atoms with Crippen LogP contribution in [0.15, 0.2) is 72.8 Å². The van der Waals surface area contributed by atoms with Crippen molar-refractivity contribution in [3.8, 4) is 16.9 Å². The van der Waals surface area contributed by atoms with Crippen LogP contribution in [0.25, 0.3) is 11.1 Å². The van der Waals surface area contributed by atoms with Crippen LogP contribution in [0.3, 0.4) is 0 Å². The summed E-state index contributed by atoms with van der Waals surface area (Å²) in [6.45, 7) is 1.24. The van der Waals surface area contributed by atoms with Crippen molar-refractivity contribution >= 4 is 11.9 Å². The molecule has 0 radical (unpaired) electrons. The highest BCUT2D eigenvalue weighted by molar-refractivity contribution is 5.97. The molecule has 0 fully saturated rings. The summed E-state index contributed by atoms with van der Waals surface area (Å²) in [6.07, 6.45) is 0.730. The maximum Gasteiger partial charge on any atom is 0.338 e.